The summed E-state index contributed by atoms with van der Waals surface area (Å²) >= 11 is 0. The predicted molar refractivity (Wildman–Crippen MR) is 50.9 cm³/mol. The lowest BCUT2D eigenvalue weighted by Crippen LogP contribution is -2.45. The molecule has 2 bridgehead atoms. The van der Waals surface area contributed by atoms with Gasteiger partial charge in [0.1, 0.15) is 0 Å². The number of morpholine rings is 1. The molecular weight excluding hydrogens is 180 g/mol. The van der Waals surface area contributed by atoms with Gasteiger partial charge in [0.2, 0.25) is 5.91 Å². The fourth-order valence-electron chi connectivity index (χ4n) is 3.24. The van der Waals surface area contributed by atoms with Gasteiger partial charge in [-0.15, -0.1) is 0 Å². The van der Waals surface area contributed by atoms with Gasteiger partial charge < -0.3 is 9.64 Å². The van der Waals surface area contributed by atoms with Crippen LogP contribution in [-0.2, 0) is 9.53 Å². The summed E-state index contributed by atoms with van der Waals surface area (Å²) in [5.74, 6) is 0.151. The molecule has 0 unspecified atom stereocenters. The number of hydrogen-bond donors (Lipinski definition) is 0. The summed E-state index contributed by atoms with van der Waals surface area (Å²) in [6, 6.07) is 0.786. The van der Waals surface area contributed by atoms with Crippen LogP contribution in [0.3, 0.4) is 0 Å². The maximum atomic E-state index is 11.3. The fourth-order valence-corrected chi connectivity index (χ4v) is 3.24. The molecule has 3 saturated heterocycles. The normalized spacial score (nSPS) is 44.7. The number of ether oxygens (including phenoxy) is 1. The van der Waals surface area contributed by atoms with Crippen molar-refractivity contribution in [1.29, 1.82) is 0 Å². The molecule has 0 aromatic heterocycles. The first-order valence-corrected chi connectivity index (χ1v) is 5.31. The molecule has 3 fully saturated rings. The van der Waals surface area contributed by atoms with E-state index >= 15 is 0 Å². The lowest BCUT2D eigenvalue weighted by molar-refractivity contribution is -0.130. The van der Waals surface area contributed by atoms with Gasteiger partial charge in [0.25, 0.3) is 0 Å². The molecule has 78 valence electrons. The molecule has 14 heavy (non-hydrogen) atoms. The first kappa shape index (κ1) is 8.68. The van der Waals surface area contributed by atoms with E-state index in [1.165, 1.54) is 0 Å². The smallest absolute Gasteiger partial charge is 0.219 e. The van der Waals surface area contributed by atoms with E-state index in [-0.39, 0.29) is 12.0 Å². The first-order valence-electron chi connectivity index (χ1n) is 5.31. The van der Waals surface area contributed by atoms with E-state index < -0.39 is 0 Å². The number of amides is 1. The third-order valence-electron chi connectivity index (χ3n) is 3.94. The Morgan fingerprint density at radius 3 is 2.93 bits per heavy atom. The zero-order valence-corrected chi connectivity index (χ0v) is 8.64. The number of nitrogens with zero attached hydrogens (tertiary/aromatic N) is 2. The van der Waals surface area contributed by atoms with Crippen molar-refractivity contribution in [3.8, 4) is 0 Å². The molecule has 1 amide bonds. The molecule has 0 radical (unpaired) electrons. The summed E-state index contributed by atoms with van der Waals surface area (Å²) in [6.07, 6.45) is 1.80. The van der Waals surface area contributed by atoms with Gasteiger partial charge in [0.15, 0.2) is 0 Å². The van der Waals surface area contributed by atoms with E-state index in [4.69, 9.17) is 4.74 Å². The summed E-state index contributed by atoms with van der Waals surface area (Å²) in [6.45, 7) is 3.80. The topological polar surface area (TPSA) is 32.8 Å². The molecule has 0 aliphatic carbocycles. The van der Waals surface area contributed by atoms with Crippen molar-refractivity contribution in [2.24, 2.45) is 0 Å². The van der Waals surface area contributed by atoms with Crippen LogP contribution in [0.4, 0.5) is 0 Å². The maximum Gasteiger partial charge on any atom is 0.219 e. The molecule has 0 saturated carbocycles. The van der Waals surface area contributed by atoms with Crippen LogP contribution >= 0.6 is 0 Å². The van der Waals surface area contributed by atoms with Crippen LogP contribution in [0.25, 0.3) is 0 Å². The number of likely N-dealkylation sites (N-methyl/N-ethyl adjacent to an activating group) is 1. The number of carbonyl (C=O) groups excluding carboxylic acids is 1. The third-order valence-corrected chi connectivity index (χ3v) is 3.94. The van der Waals surface area contributed by atoms with Crippen molar-refractivity contribution < 1.29 is 9.53 Å². The van der Waals surface area contributed by atoms with E-state index in [1.807, 2.05) is 11.9 Å². The van der Waals surface area contributed by atoms with E-state index in [0.717, 1.165) is 19.5 Å². The van der Waals surface area contributed by atoms with E-state index in [2.05, 4.69) is 4.90 Å². The summed E-state index contributed by atoms with van der Waals surface area (Å²) in [5, 5.41) is 0. The molecular formula is C10H16N2O2. The van der Waals surface area contributed by atoms with Crippen LogP contribution in [0.15, 0.2) is 0 Å². The Morgan fingerprint density at radius 1 is 1.50 bits per heavy atom. The number of fused-ring (bicyclic) bond motifs is 1. The Labute approximate surface area is 83.8 Å². The maximum absolute atomic E-state index is 11.3. The van der Waals surface area contributed by atoms with E-state index in [9.17, 15) is 4.79 Å². The van der Waals surface area contributed by atoms with Gasteiger partial charge in [-0.2, -0.15) is 0 Å². The highest BCUT2D eigenvalue weighted by molar-refractivity contribution is 5.73. The second-order valence-electron chi connectivity index (χ2n) is 4.61. The first-order chi connectivity index (χ1) is 6.68. The van der Waals surface area contributed by atoms with Crippen LogP contribution in [0, 0.1) is 0 Å². The summed E-state index contributed by atoms with van der Waals surface area (Å²) < 4.78 is 5.90. The third kappa shape index (κ3) is 0.929. The summed E-state index contributed by atoms with van der Waals surface area (Å²) in [4.78, 5) is 15.7. The largest absolute Gasteiger partial charge is 0.370 e. The Kier molecular flexibility index (Phi) is 1.67. The Balaban J connectivity index is 1.87. The van der Waals surface area contributed by atoms with Crippen LogP contribution in [0.2, 0.25) is 0 Å². The Hall–Kier alpha value is -0.610. The van der Waals surface area contributed by atoms with Crippen LogP contribution in [0.1, 0.15) is 13.3 Å². The minimum absolute atomic E-state index is 0.151. The van der Waals surface area contributed by atoms with E-state index in [0.29, 0.717) is 18.2 Å². The van der Waals surface area contributed by atoms with Gasteiger partial charge in [-0.1, -0.05) is 0 Å². The number of hydrogen-bond acceptors (Lipinski definition) is 3. The fraction of sp³-hybridized carbons (Fsp3) is 0.900. The zero-order valence-electron chi connectivity index (χ0n) is 8.64. The lowest BCUT2D eigenvalue weighted by atomic mass is 10.1. The molecule has 4 heteroatoms. The van der Waals surface area contributed by atoms with Gasteiger partial charge in [-0.05, 0) is 6.42 Å². The second kappa shape index (κ2) is 2.70. The molecule has 0 aromatic rings. The zero-order chi connectivity index (χ0) is 9.87. The summed E-state index contributed by atoms with van der Waals surface area (Å²) in [5.41, 5.74) is 0. The van der Waals surface area contributed by atoms with Crippen molar-refractivity contribution >= 4 is 5.91 Å². The minimum atomic E-state index is 0.151. The average molecular weight is 196 g/mol. The van der Waals surface area contributed by atoms with E-state index in [1.54, 1.807) is 6.92 Å². The van der Waals surface area contributed by atoms with Gasteiger partial charge in [0.05, 0.1) is 24.3 Å². The molecule has 3 rings (SSSR count). The lowest BCUT2D eigenvalue weighted by Gasteiger charge is -2.26. The molecule has 0 spiro atoms. The van der Waals surface area contributed by atoms with Crippen LogP contribution in [-0.4, -0.2) is 60.1 Å². The standard InChI is InChI=1S/C10H16N2O2/c1-6(13)11(2)9-8-5-12-4-3-7(14-8)10(9)12/h7-10H,3-5H2,1-2H3/t7-,8+,9+,10-/m0/s1. The van der Waals surface area contributed by atoms with Crippen molar-refractivity contribution in [3.63, 3.8) is 0 Å². The van der Waals surface area contributed by atoms with Gasteiger partial charge in [-0.25, -0.2) is 0 Å². The Morgan fingerprint density at radius 2 is 2.29 bits per heavy atom. The van der Waals surface area contributed by atoms with Crippen LogP contribution < -0.4 is 0 Å². The highest BCUT2D eigenvalue weighted by Gasteiger charge is 2.58. The predicted octanol–water partition coefficient (Wildman–Crippen LogP) is -0.311. The highest BCUT2D eigenvalue weighted by Crippen LogP contribution is 2.41. The van der Waals surface area contributed by atoms with Crippen LogP contribution in [0.5, 0.6) is 0 Å². The second-order valence-corrected chi connectivity index (χ2v) is 4.61. The average Bonchev–Trinajstić information content (AvgIpc) is 2.70. The minimum Gasteiger partial charge on any atom is -0.370 e. The highest BCUT2D eigenvalue weighted by atomic mass is 16.5. The molecule has 3 aliphatic heterocycles. The monoisotopic (exact) mass is 196 g/mol. The van der Waals surface area contributed by atoms with Crippen molar-refractivity contribution in [2.45, 2.75) is 37.6 Å². The molecule has 3 heterocycles. The molecule has 0 aromatic carbocycles. The van der Waals surface area contributed by atoms with Gasteiger partial charge >= 0.3 is 0 Å². The van der Waals surface area contributed by atoms with Crippen molar-refractivity contribution in [3.05, 3.63) is 0 Å². The van der Waals surface area contributed by atoms with Gasteiger partial charge in [0, 0.05) is 27.1 Å². The van der Waals surface area contributed by atoms with Gasteiger partial charge in [-0.3, -0.25) is 9.69 Å². The Bertz CT molecular complexity index is 267. The number of rotatable bonds is 1. The molecule has 0 N–H and O–H groups in total. The summed E-state index contributed by atoms with van der Waals surface area (Å²) in [7, 11) is 1.90. The molecule has 4 atom stereocenters. The van der Waals surface area contributed by atoms with Crippen molar-refractivity contribution in [1.82, 2.24) is 9.80 Å². The number of carbonyl (C=O) groups is 1. The quantitative estimate of drug-likeness (QED) is 0.576. The molecule has 4 nitrogen and oxygen atoms in total. The van der Waals surface area contributed by atoms with Crippen molar-refractivity contribution in [2.75, 3.05) is 20.1 Å². The SMILES string of the molecule is CC(=O)N(C)[C@H]1[C@@H]2[C@@H]3CCN2C[C@H]1O3. The molecule has 3 aliphatic rings.